The highest BCUT2D eigenvalue weighted by Gasteiger charge is 2.17. The van der Waals surface area contributed by atoms with Crippen LogP contribution < -0.4 is 9.46 Å². The van der Waals surface area contributed by atoms with Gasteiger partial charge < -0.3 is 9.84 Å². The van der Waals surface area contributed by atoms with E-state index in [2.05, 4.69) is 4.72 Å². The molecule has 28 heavy (non-hydrogen) atoms. The van der Waals surface area contributed by atoms with Crippen molar-refractivity contribution in [1.82, 2.24) is 4.72 Å². The van der Waals surface area contributed by atoms with Crippen molar-refractivity contribution in [2.45, 2.75) is 31.3 Å². The Morgan fingerprint density at radius 1 is 1.07 bits per heavy atom. The summed E-state index contributed by atoms with van der Waals surface area (Å²) < 4.78 is 33.1. The smallest absolute Gasteiger partial charge is 0.240 e. The van der Waals surface area contributed by atoms with Gasteiger partial charge in [-0.2, -0.15) is 0 Å². The highest BCUT2D eigenvalue weighted by molar-refractivity contribution is 7.89. The summed E-state index contributed by atoms with van der Waals surface area (Å²) in [5.41, 5.74) is 1.56. The van der Waals surface area contributed by atoms with Crippen molar-refractivity contribution in [3.63, 3.8) is 0 Å². The molecule has 0 aliphatic carbocycles. The summed E-state index contributed by atoms with van der Waals surface area (Å²) in [6, 6.07) is 18.4. The molecule has 5 nitrogen and oxygen atoms in total. The molecular weight excluding hydrogens is 374 g/mol. The van der Waals surface area contributed by atoms with Crippen LogP contribution in [0.4, 0.5) is 0 Å². The average molecular weight is 400 g/mol. The maximum Gasteiger partial charge on any atom is 0.240 e. The Hall–Kier alpha value is -2.41. The summed E-state index contributed by atoms with van der Waals surface area (Å²) in [7, 11) is -3.65. The molecule has 6 heteroatoms. The van der Waals surface area contributed by atoms with Gasteiger partial charge in [-0.25, -0.2) is 13.1 Å². The van der Waals surface area contributed by atoms with Crippen molar-refractivity contribution in [2.24, 2.45) is 0 Å². The van der Waals surface area contributed by atoms with Crippen LogP contribution in [0.25, 0.3) is 10.8 Å². The summed E-state index contributed by atoms with van der Waals surface area (Å²) in [6.07, 6.45) is -0.473. The fourth-order valence-electron chi connectivity index (χ4n) is 3.22. The van der Waals surface area contributed by atoms with E-state index in [1.54, 1.807) is 12.1 Å². The number of benzene rings is 3. The molecule has 1 atom stereocenters. The first-order valence-electron chi connectivity index (χ1n) is 9.31. The van der Waals surface area contributed by atoms with Crippen LogP contribution in [0, 0.1) is 6.92 Å². The molecule has 0 bridgehead atoms. The van der Waals surface area contributed by atoms with Gasteiger partial charge in [0.1, 0.15) is 5.75 Å². The lowest BCUT2D eigenvalue weighted by Crippen LogP contribution is -2.26. The summed E-state index contributed by atoms with van der Waals surface area (Å²) >= 11 is 0. The highest BCUT2D eigenvalue weighted by Crippen LogP contribution is 2.26. The van der Waals surface area contributed by atoms with Gasteiger partial charge in [0.2, 0.25) is 10.0 Å². The fraction of sp³-hybridized carbons (Fsp3) is 0.273. The standard InChI is InChI=1S/C22H25NO4S/c1-3-27-22-12-11-18(15-16(22)2)28(25,26)23-14-13-21(24)20-10-6-8-17-7-4-5-9-19(17)20/h4-12,15,21,23-24H,3,13-14H2,1-2H3. The van der Waals surface area contributed by atoms with Crippen LogP contribution in [-0.2, 0) is 10.0 Å². The summed E-state index contributed by atoms with van der Waals surface area (Å²) in [5.74, 6) is 0.674. The molecule has 0 radical (unpaired) electrons. The van der Waals surface area contributed by atoms with Crippen molar-refractivity contribution >= 4 is 20.8 Å². The Kier molecular flexibility index (Phi) is 6.34. The quantitative estimate of drug-likeness (QED) is 0.601. The minimum absolute atomic E-state index is 0.138. The van der Waals surface area contributed by atoms with Crippen LogP contribution in [0.5, 0.6) is 5.75 Å². The van der Waals surface area contributed by atoms with E-state index in [-0.39, 0.29) is 17.9 Å². The predicted molar refractivity (Wildman–Crippen MR) is 111 cm³/mol. The zero-order chi connectivity index (χ0) is 20.1. The molecule has 3 rings (SSSR count). The van der Waals surface area contributed by atoms with Gasteiger partial charge in [0, 0.05) is 6.54 Å². The van der Waals surface area contributed by atoms with E-state index in [9.17, 15) is 13.5 Å². The van der Waals surface area contributed by atoms with E-state index in [4.69, 9.17) is 4.74 Å². The van der Waals surface area contributed by atoms with E-state index < -0.39 is 16.1 Å². The Bertz CT molecular complexity index is 1060. The van der Waals surface area contributed by atoms with E-state index in [1.807, 2.05) is 56.3 Å². The average Bonchev–Trinajstić information content (AvgIpc) is 2.69. The lowest BCUT2D eigenvalue weighted by atomic mass is 9.99. The third kappa shape index (κ3) is 4.52. The van der Waals surface area contributed by atoms with Gasteiger partial charge in [-0.1, -0.05) is 42.5 Å². The van der Waals surface area contributed by atoms with Crippen LogP contribution in [0.3, 0.4) is 0 Å². The van der Waals surface area contributed by atoms with Crippen molar-refractivity contribution in [1.29, 1.82) is 0 Å². The topological polar surface area (TPSA) is 75.6 Å². The van der Waals surface area contributed by atoms with Crippen LogP contribution >= 0.6 is 0 Å². The number of nitrogens with one attached hydrogen (secondary N) is 1. The number of fused-ring (bicyclic) bond motifs is 1. The minimum atomic E-state index is -3.65. The second-order valence-electron chi connectivity index (χ2n) is 6.63. The molecule has 0 saturated heterocycles. The Labute approximate surface area is 166 Å². The molecule has 0 saturated carbocycles. The molecule has 2 N–H and O–H groups in total. The molecule has 3 aromatic rings. The first kappa shape index (κ1) is 20.3. The Balaban J connectivity index is 1.67. The van der Waals surface area contributed by atoms with Gasteiger partial charge in [-0.05, 0) is 60.4 Å². The van der Waals surface area contributed by atoms with E-state index >= 15 is 0 Å². The highest BCUT2D eigenvalue weighted by atomic mass is 32.2. The molecule has 0 fully saturated rings. The summed E-state index contributed by atoms with van der Waals surface area (Å²) in [4.78, 5) is 0.188. The van der Waals surface area contributed by atoms with Crippen LogP contribution in [-0.4, -0.2) is 26.7 Å². The van der Waals surface area contributed by atoms with E-state index in [0.29, 0.717) is 12.4 Å². The molecule has 148 valence electrons. The maximum absolute atomic E-state index is 12.6. The third-order valence-corrected chi connectivity index (χ3v) is 6.11. The summed E-state index contributed by atoms with van der Waals surface area (Å²) in [5, 5.41) is 12.6. The molecule has 0 heterocycles. The van der Waals surface area contributed by atoms with Gasteiger partial charge in [-0.3, -0.25) is 0 Å². The zero-order valence-corrected chi connectivity index (χ0v) is 16.9. The minimum Gasteiger partial charge on any atom is -0.494 e. The maximum atomic E-state index is 12.6. The molecule has 0 amide bonds. The van der Waals surface area contributed by atoms with Crippen molar-refractivity contribution in [3.05, 3.63) is 71.8 Å². The number of aliphatic hydroxyl groups excluding tert-OH is 1. The second kappa shape index (κ2) is 8.73. The normalized spacial score (nSPS) is 12.8. The van der Waals surface area contributed by atoms with Crippen molar-refractivity contribution in [2.75, 3.05) is 13.2 Å². The first-order chi connectivity index (χ1) is 13.4. The number of sulfonamides is 1. The number of hydrogen-bond acceptors (Lipinski definition) is 4. The predicted octanol–water partition coefficient (Wildman–Crippen LogP) is 3.95. The molecule has 0 aliphatic rings. The third-order valence-electron chi connectivity index (χ3n) is 4.65. The SMILES string of the molecule is CCOc1ccc(S(=O)(=O)NCCC(O)c2cccc3ccccc23)cc1C. The zero-order valence-electron chi connectivity index (χ0n) is 16.1. The van der Waals surface area contributed by atoms with Crippen LogP contribution in [0.1, 0.15) is 30.6 Å². The fourth-order valence-corrected chi connectivity index (χ4v) is 4.35. The van der Waals surface area contributed by atoms with E-state index in [0.717, 1.165) is 21.9 Å². The van der Waals surface area contributed by atoms with Crippen molar-refractivity contribution < 1.29 is 18.3 Å². The number of aliphatic hydroxyl groups is 1. The largest absolute Gasteiger partial charge is 0.494 e. The second-order valence-corrected chi connectivity index (χ2v) is 8.40. The van der Waals surface area contributed by atoms with Crippen molar-refractivity contribution in [3.8, 4) is 5.75 Å². The molecule has 1 unspecified atom stereocenters. The monoisotopic (exact) mass is 399 g/mol. The molecule has 0 aliphatic heterocycles. The number of rotatable bonds is 8. The Morgan fingerprint density at radius 2 is 1.82 bits per heavy atom. The summed E-state index contributed by atoms with van der Waals surface area (Å²) in [6.45, 7) is 4.36. The molecule has 3 aromatic carbocycles. The van der Waals surface area contributed by atoms with E-state index in [1.165, 1.54) is 6.07 Å². The lowest BCUT2D eigenvalue weighted by Gasteiger charge is -2.15. The van der Waals surface area contributed by atoms with Gasteiger partial charge in [0.05, 0.1) is 17.6 Å². The number of aryl methyl sites for hydroxylation is 1. The first-order valence-corrected chi connectivity index (χ1v) is 10.8. The molecule has 0 aromatic heterocycles. The van der Waals surface area contributed by atoms with Gasteiger partial charge in [-0.15, -0.1) is 0 Å². The number of ether oxygens (including phenoxy) is 1. The Morgan fingerprint density at radius 3 is 2.57 bits per heavy atom. The number of hydrogen-bond donors (Lipinski definition) is 2. The molecular formula is C22H25NO4S. The van der Waals surface area contributed by atoms with Crippen LogP contribution in [0.15, 0.2) is 65.6 Å². The molecule has 0 spiro atoms. The lowest BCUT2D eigenvalue weighted by molar-refractivity contribution is 0.170. The van der Waals surface area contributed by atoms with Crippen LogP contribution in [0.2, 0.25) is 0 Å². The van der Waals surface area contributed by atoms with Gasteiger partial charge in [0.25, 0.3) is 0 Å². The van der Waals surface area contributed by atoms with Gasteiger partial charge >= 0.3 is 0 Å². The van der Waals surface area contributed by atoms with Gasteiger partial charge in [0.15, 0.2) is 0 Å².